The molecule has 7 nitrogen and oxygen atoms in total. The lowest BCUT2D eigenvalue weighted by atomic mass is 9.97. The molecule has 0 amide bonds. The fourth-order valence-corrected chi connectivity index (χ4v) is 2.61. The molecule has 0 atom stereocenters. The summed E-state index contributed by atoms with van der Waals surface area (Å²) >= 11 is 0. The number of carboxylic acids is 2. The molecule has 0 saturated heterocycles. The number of ether oxygens (including phenoxy) is 1. The number of pyridine rings is 1. The molecule has 2 aliphatic heterocycles. The lowest BCUT2D eigenvalue weighted by molar-refractivity contribution is 0.0645. The third-order valence-corrected chi connectivity index (χ3v) is 3.57. The summed E-state index contributed by atoms with van der Waals surface area (Å²) in [6, 6.07) is 0. The number of fused-ring (bicyclic) bond motifs is 1. The maximum atomic E-state index is 11.5. The van der Waals surface area contributed by atoms with E-state index in [1.54, 1.807) is 13.0 Å². The summed E-state index contributed by atoms with van der Waals surface area (Å²) in [5, 5.41) is 18.8. The predicted molar refractivity (Wildman–Crippen MR) is 83.6 cm³/mol. The number of hydrogen-bond donors (Lipinski definition) is 3. The molecule has 0 fully saturated rings. The smallest absolute Gasteiger partial charge is 0.353 e. The summed E-state index contributed by atoms with van der Waals surface area (Å²) in [5.41, 5.74) is 1.43. The van der Waals surface area contributed by atoms with Crippen molar-refractivity contribution in [3.63, 3.8) is 0 Å². The topological polar surface area (TPSA) is 113 Å². The third kappa shape index (κ3) is 2.77. The molecule has 2 aliphatic rings. The van der Waals surface area contributed by atoms with Crippen LogP contribution in [-0.4, -0.2) is 38.7 Å². The number of aromatic carboxylic acids is 2. The quantitative estimate of drug-likeness (QED) is 0.676. The Labute approximate surface area is 133 Å². The van der Waals surface area contributed by atoms with Crippen LogP contribution in [0.15, 0.2) is 12.7 Å². The molecular weight excluding hydrogens is 300 g/mol. The van der Waals surface area contributed by atoms with E-state index in [1.807, 2.05) is 6.92 Å². The van der Waals surface area contributed by atoms with Gasteiger partial charge >= 0.3 is 11.9 Å². The zero-order valence-electron chi connectivity index (χ0n) is 13.0. The number of aromatic amines is 1. The van der Waals surface area contributed by atoms with E-state index in [2.05, 4.69) is 16.5 Å². The molecule has 0 unspecified atom stereocenters. The molecule has 0 spiro atoms. The van der Waals surface area contributed by atoms with Gasteiger partial charge in [0.1, 0.15) is 12.3 Å². The van der Waals surface area contributed by atoms with Gasteiger partial charge < -0.3 is 19.9 Å². The van der Waals surface area contributed by atoms with Crippen LogP contribution in [0.2, 0.25) is 0 Å². The second kappa shape index (κ2) is 6.51. The van der Waals surface area contributed by atoms with Gasteiger partial charge in [-0.05, 0) is 18.4 Å². The first-order valence-electron chi connectivity index (χ1n) is 7.23. The van der Waals surface area contributed by atoms with Gasteiger partial charge in [-0.15, -0.1) is 0 Å². The van der Waals surface area contributed by atoms with Crippen LogP contribution in [0, 0.1) is 0 Å². The van der Waals surface area contributed by atoms with Crippen molar-refractivity contribution < 1.29 is 24.5 Å². The zero-order valence-corrected chi connectivity index (χ0v) is 13.0. The van der Waals surface area contributed by atoms with Crippen molar-refractivity contribution in [1.82, 2.24) is 9.97 Å². The van der Waals surface area contributed by atoms with E-state index in [-0.39, 0.29) is 17.9 Å². The van der Waals surface area contributed by atoms with Crippen molar-refractivity contribution in [3.8, 4) is 17.3 Å². The van der Waals surface area contributed by atoms with Crippen molar-refractivity contribution >= 4 is 11.9 Å². The highest BCUT2D eigenvalue weighted by atomic mass is 16.5. The fraction of sp³-hybridized carbons (Fsp3) is 0.312. The number of carbonyl (C=O) groups is 2. The second-order valence-electron chi connectivity index (χ2n) is 4.89. The van der Waals surface area contributed by atoms with Gasteiger partial charge in [-0.2, -0.15) is 0 Å². The van der Waals surface area contributed by atoms with Gasteiger partial charge in [-0.3, -0.25) is 0 Å². The monoisotopic (exact) mass is 318 g/mol. The summed E-state index contributed by atoms with van der Waals surface area (Å²) in [7, 11) is 0. The van der Waals surface area contributed by atoms with Crippen molar-refractivity contribution in [2.45, 2.75) is 26.7 Å². The molecule has 0 aromatic carbocycles. The molecule has 7 heteroatoms. The van der Waals surface area contributed by atoms with Crippen LogP contribution < -0.4 is 4.74 Å². The maximum absolute atomic E-state index is 11.5. The number of aromatic nitrogens is 2. The summed E-state index contributed by atoms with van der Waals surface area (Å²) in [5.74, 6) is -2.25. The molecule has 23 heavy (non-hydrogen) atoms. The Bertz CT molecular complexity index is 748. The zero-order chi connectivity index (χ0) is 17.1. The predicted octanol–water partition coefficient (Wildman–Crippen LogP) is 2.60. The molecule has 122 valence electrons. The summed E-state index contributed by atoms with van der Waals surface area (Å²) < 4.78 is 5.52. The van der Waals surface area contributed by atoms with Crippen molar-refractivity contribution in [2.24, 2.45) is 0 Å². The van der Waals surface area contributed by atoms with Crippen LogP contribution in [0.1, 0.15) is 45.8 Å². The number of nitrogens with one attached hydrogen (secondary N) is 1. The third-order valence-electron chi connectivity index (χ3n) is 3.57. The fourth-order valence-electron chi connectivity index (χ4n) is 2.61. The SMILES string of the molecule is C=CCOc1nc2c(CC)c(C(=O)O)c(C(=O)O)[nH]c-2c1CC. The van der Waals surface area contributed by atoms with Crippen molar-refractivity contribution in [3.05, 3.63) is 35.0 Å². The van der Waals surface area contributed by atoms with E-state index < -0.39 is 11.9 Å². The van der Waals surface area contributed by atoms with Gasteiger partial charge in [-0.1, -0.05) is 26.5 Å². The molecule has 0 aromatic rings. The van der Waals surface area contributed by atoms with Gasteiger partial charge in [0, 0.05) is 5.56 Å². The molecule has 2 heterocycles. The Kier molecular flexibility index (Phi) is 4.68. The molecule has 0 radical (unpaired) electrons. The van der Waals surface area contributed by atoms with E-state index in [0.717, 1.165) is 5.56 Å². The molecule has 2 rings (SSSR count). The van der Waals surface area contributed by atoms with Crippen LogP contribution >= 0.6 is 0 Å². The summed E-state index contributed by atoms with van der Waals surface area (Å²) in [6.45, 7) is 7.49. The van der Waals surface area contributed by atoms with Crippen LogP contribution in [0.5, 0.6) is 5.88 Å². The Morgan fingerprint density at radius 3 is 2.35 bits per heavy atom. The highest BCUT2D eigenvalue weighted by Crippen LogP contribution is 2.37. The first kappa shape index (κ1) is 16.5. The van der Waals surface area contributed by atoms with Gasteiger partial charge in [0.15, 0.2) is 0 Å². The standard InChI is InChI=1S/C16H18N2O5/c1-4-7-23-14-9(6-3)12-11(18-14)8(5-2)10(15(19)20)13(17-12)16(21)22/h4,17H,1,5-7H2,2-3H3,(H,19,20)(H,21,22). The minimum Gasteiger partial charge on any atom is -0.478 e. The molecule has 0 bridgehead atoms. The van der Waals surface area contributed by atoms with Crippen LogP contribution in [-0.2, 0) is 12.8 Å². The average molecular weight is 318 g/mol. The minimum atomic E-state index is -1.32. The van der Waals surface area contributed by atoms with Crippen LogP contribution in [0.3, 0.4) is 0 Å². The maximum Gasteiger partial charge on any atom is 0.353 e. The van der Waals surface area contributed by atoms with Crippen LogP contribution in [0.25, 0.3) is 11.4 Å². The largest absolute Gasteiger partial charge is 0.478 e. The van der Waals surface area contributed by atoms with E-state index in [4.69, 9.17) is 4.74 Å². The highest BCUT2D eigenvalue weighted by Gasteiger charge is 2.30. The Balaban J connectivity index is 2.85. The molecule has 0 aliphatic carbocycles. The lowest BCUT2D eigenvalue weighted by Crippen LogP contribution is -2.16. The Morgan fingerprint density at radius 2 is 1.87 bits per heavy atom. The van der Waals surface area contributed by atoms with Gasteiger partial charge in [0.25, 0.3) is 0 Å². The number of rotatable bonds is 7. The van der Waals surface area contributed by atoms with Gasteiger partial charge in [0.05, 0.1) is 17.0 Å². The van der Waals surface area contributed by atoms with Gasteiger partial charge in [-0.25, -0.2) is 14.6 Å². The number of hydrogen-bond acceptors (Lipinski definition) is 4. The Morgan fingerprint density at radius 1 is 1.22 bits per heavy atom. The second-order valence-corrected chi connectivity index (χ2v) is 4.89. The van der Waals surface area contributed by atoms with E-state index in [1.165, 1.54) is 0 Å². The molecule has 3 N–H and O–H groups in total. The van der Waals surface area contributed by atoms with E-state index in [9.17, 15) is 19.8 Å². The average Bonchev–Trinajstić information content (AvgIpc) is 2.87. The lowest BCUT2D eigenvalue weighted by Gasteiger charge is -2.13. The van der Waals surface area contributed by atoms with Crippen molar-refractivity contribution in [2.75, 3.05) is 6.61 Å². The van der Waals surface area contributed by atoms with Crippen LogP contribution in [0.4, 0.5) is 0 Å². The van der Waals surface area contributed by atoms with E-state index in [0.29, 0.717) is 35.7 Å². The van der Waals surface area contributed by atoms with E-state index >= 15 is 0 Å². The summed E-state index contributed by atoms with van der Waals surface area (Å²) in [4.78, 5) is 30.1. The molecule has 0 saturated carbocycles. The van der Waals surface area contributed by atoms with Gasteiger partial charge in [0.2, 0.25) is 5.88 Å². The first-order chi connectivity index (χ1) is 11.0. The summed E-state index contributed by atoms with van der Waals surface area (Å²) in [6.07, 6.45) is 2.48. The van der Waals surface area contributed by atoms with Crippen molar-refractivity contribution in [1.29, 1.82) is 0 Å². The molecule has 0 aromatic heterocycles. The molecular formula is C16H18N2O5. The normalized spacial score (nSPS) is 10.7. The Hall–Kier alpha value is -2.83. The minimum absolute atomic E-state index is 0.259. The number of H-pyrrole nitrogens is 1. The number of nitrogens with zero attached hydrogens (tertiary/aromatic N) is 1. The number of carboxylic acid groups (broad SMARTS) is 2. The first-order valence-corrected chi connectivity index (χ1v) is 7.23. The highest BCUT2D eigenvalue weighted by molar-refractivity contribution is 6.03.